The van der Waals surface area contributed by atoms with Crippen LogP contribution in [0.15, 0.2) is 12.4 Å². The summed E-state index contributed by atoms with van der Waals surface area (Å²) in [5.41, 5.74) is 0. The van der Waals surface area contributed by atoms with Crippen LogP contribution >= 0.6 is 0 Å². The molecule has 1 aromatic heterocycles. The van der Waals surface area contributed by atoms with Gasteiger partial charge >= 0.3 is 0 Å². The van der Waals surface area contributed by atoms with E-state index in [0.29, 0.717) is 5.75 Å². The van der Waals surface area contributed by atoms with E-state index in [4.69, 9.17) is 9.84 Å². The van der Waals surface area contributed by atoms with Gasteiger partial charge in [-0.3, -0.25) is 4.68 Å². The van der Waals surface area contributed by atoms with Gasteiger partial charge in [0.25, 0.3) is 0 Å². The second-order valence-electron chi connectivity index (χ2n) is 2.91. The predicted octanol–water partition coefficient (Wildman–Crippen LogP) is 0.568. The van der Waals surface area contributed by atoms with Crippen LogP contribution in [0.1, 0.15) is 13.8 Å². The molecule has 68 valence electrons. The second-order valence-corrected chi connectivity index (χ2v) is 2.91. The van der Waals surface area contributed by atoms with Crippen LogP contribution in [-0.2, 0) is 7.05 Å². The van der Waals surface area contributed by atoms with Gasteiger partial charge in [0.2, 0.25) is 0 Å². The van der Waals surface area contributed by atoms with Gasteiger partial charge in [0.15, 0.2) is 5.75 Å². The highest BCUT2D eigenvalue weighted by Crippen LogP contribution is 2.10. The lowest BCUT2D eigenvalue weighted by Crippen LogP contribution is -2.25. The monoisotopic (exact) mass is 170 g/mol. The maximum absolute atomic E-state index is 9.14. The molecular weight excluding hydrogens is 156 g/mol. The van der Waals surface area contributed by atoms with Crippen molar-refractivity contribution in [3.8, 4) is 5.75 Å². The van der Waals surface area contributed by atoms with Crippen LogP contribution in [0, 0.1) is 0 Å². The van der Waals surface area contributed by atoms with Gasteiger partial charge in [0, 0.05) is 7.05 Å². The minimum atomic E-state index is -0.467. The first-order valence-electron chi connectivity index (χ1n) is 3.93. The summed E-state index contributed by atoms with van der Waals surface area (Å²) in [5, 5.41) is 13.1. The molecule has 2 atom stereocenters. The summed E-state index contributed by atoms with van der Waals surface area (Å²) in [7, 11) is 1.82. The molecular formula is C8H14N2O2. The molecule has 2 unspecified atom stereocenters. The number of ether oxygens (including phenoxy) is 1. The van der Waals surface area contributed by atoms with Gasteiger partial charge in [-0.15, -0.1) is 0 Å². The van der Waals surface area contributed by atoms with E-state index in [1.54, 1.807) is 24.0 Å². The molecule has 4 nitrogen and oxygen atoms in total. The third kappa shape index (κ3) is 2.23. The van der Waals surface area contributed by atoms with E-state index >= 15 is 0 Å². The van der Waals surface area contributed by atoms with Crippen LogP contribution in [0.2, 0.25) is 0 Å². The van der Waals surface area contributed by atoms with Gasteiger partial charge in [-0.05, 0) is 13.8 Å². The van der Waals surface area contributed by atoms with Crippen molar-refractivity contribution in [3.05, 3.63) is 12.4 Å². The Labute approximate surface area is 71.8 Å². The maximum atomic E-state index is 9.14. The SMILES string of the molecule is CC(O)C(C)Oc1cnn(C)c1. The Morgan fingerprint density at radius 2 is 2.25 bits per heavy atom. The number of aryl methyl sites for hydroxylation is 1. The van der Waals surface area contributed by atoms with Crippen molar-refractivity contribution in [2.24, 2.45) is 7.05 Å². The van der Waals surface area contributed by atoms with E-state index < -0.39 is 6.10 Å². The number of hydrogen-bond acceptors (Lipinski definition) is 3. The normalized spacial score (nSPS) is 15.7. The molecule has 0 fully saturated rings. The van der Waals surface area contributed by atoms with Crippen LogP contribution in [0.4, 0.5) is 0 Å². The Bertz CT molecular complexity index is 245. The average molecular weight is 170 g/mol. The molecule has 1 N–H and O–H groups in total. The van der Waals surface area contributed by atoms with Gasteiger partial charge in [0.05, 0.1) is 18.5 Å². The van der Waals surface area contributed by atoms with Crippen molar-refractivity contribution in [3.63, 3.8) is 0 Å². The third-order valence-electron chi connectivity index (χ3n) is 1.68. The average Bonchev–Trinajstić information content (AvgIpc) is 2.35. The molecule has 0 saturated carbocycles. The predicted molar refractivity (Wildman–Crippen MR) is 45.0 cm³/mol. The number of aromatic nitrogens is 2. The lowest BCUT2D eigenvalue weighted by molar-refractivity contribution is 0.0604. The molecule has 0 bridgehead atoms. The lowest BCUT2D eigenvalue weighted by Gasteiger charge is -2.15. The molecule has 0 aromatic carbocycles. The van der Waals surface area contributed by atoms with Crippen LogP contribution in [0.5, 0.6) is 5.75 Å². The van der Waals surface area contributed by atoms with E-state index in [1.807, 2.05) is 14.0 Å². The van der Waals surface area contributed by atoms with Crippen molar-refractivity contribution in [2.75, 3.05) is 0 Å². The molecule has 0 spiro atoms. The fourth-order valence-electron chi connectivity index (χ4n) is 0.773. The Kier molecular flexibility index (Phi) is 2.70. The molecule has 0 aliphatic heterocycles. The summed E-state index contributed by atoms with van der Waals surface area (Å²) >= 11 is 0. The standard InChI is InChI=1S/C8H14N2O2/c1-6(11)7(2)12-8-4-9-10(3)5-8/h4-7,11H,1-3H3. The minimum absolute atomic E-state index is 0.200. The van der Waals surface area contributed by atoms with Crippen LogP contribution < -0.4 is 4.74 Å². The topological polar surface area (TPSA) is 47.3 Å². The minimum Gasteiger partial charge on any atom is -0.485 e. The zero-order chi connectivity index (χ0) is 9.14. The molecule has 4 heteroatoms. The van der Waals surface area contributed by atoms with Gasteiger partial charge in [-0.2, -0.15) is 5.10 Å². The summed E-state index contributed by atoms with van der Waals surface area (Å²) in [6.45, 7) is 3.51. The largest absolute Gasteiger partial charge is 0.485 e. The first kappa shape index (κ1) is 9.06. The Hall–Kier alpha value is -1.03. The Morgan fingerprint density at radius 3 is 2.67 bits per heavy atom. The van der Waals surface area contributed by atoms with Crippen molar-refractivity contribution in [1.29, 1.82) is 0 Å². The molecule has 0 radical (unpaired) electrons. The molecule has 0 amide bonds. The van der Waals surface area contributed by atoms with E-state index in [-0.39, 0.29) is 6.10 Å². The zero-order valence-corrected chi connectivity index (χ0v) is 7.56. The lowest BCUT2D eigenvalue weighted by atomic mass is 10.3. The fourth-order valence-corrected chi connectivity index (χ4v) is 0.773. The number of rotatable bonds is 3. The molecule has 1 rings (SSSR count). The molecule has 0 aliphatic rings. The summed E-state index contributed by atoms with van der Waals surface area (Å²) in [6.07, 6.45) is 2.72. The summed E-state index contributed by atoms with van der Waals surface area (Å²) in [5.74, 6) is 0.686. The van der Waals surface area contributed by atoms with Crippen molar-refractivity contribution >= 4 is 0 Å². The summed E-state index contributed by atoms with van der Waals surface area (Å²) in [6, 6.07) is 0. The fraction of sp³-hybridized carbons (Fsp3) is 0.625. The van der Waals surface area contributed by atoms with E-state index in [2.05, 4.69) is 5.10 Å². The first-order chi connectivity index (χ1) is 5.59. The van der Waals surface area contributed by atoms with Crippen molar-refractivity contribution in [1.82, 2.24) is 9.78 Å². The highest BCUT2D eigenvalue weighted by Gasteiger charge is 2.10. The van der Waals surface area contributed by atoms with Crippen molar-refractivity contribution in [2.45, 2.75) is 26.1 Å². The quantitative estimate of drug-likeness (QED) is 0.721. The number of aliphatic hydroxyl groups is 1. The molecule has 1 heterocycles. The smallest absolute Gasteiger partial charge is 0.157 e. The molecule has 0 aliphatic carbocycles. The second kappa shape index (κ2) is 3.58. The van der Waals surface area contributed by atoms with Gasteiger partial charge in [-0.25, -0.2) is 0 Å². The Morgan fingerprint density at radius 1 is 1.58 bits per heavy atom. The van der Waals surface area contributed by atoms with E-state index in [0.717, 1.165) is 0 Å². The zero-order valence-electron chi connectivity index (χ0n) is 7.56. The number of nitrogens with zero attached hydrogens (tertiary/aromatic N) is 2. The Balaban J connectivity index is 2.52. The van der Waals surface area contributed by atoms with Crippen molar-refractivity contribution < 1.29 is 9.84 Å². The summed E-state index contributed by atoms with van der Waals surface area (Å²) < 4.78 is 7.02. The molecule has 0 saturated heterocycles. The van der Waals surface area contributed by atoms with Gasteiger partial charge < -0.3 is 9.84 Å². The maximum Gasteiger partial charge on any atom is 0.157 e. The molecule has 1 aromatic rings. The summed E-state index contributed by atoms with van der Waals surface area (Å²) in [4.78, 5) is 0. The number of hydrogen-bond donors (Lipinski definition) is 1. The van der Waals surface area contributed by atoms with Crippen LogP contribution in [0.25, 0.3) is 0 Å². The van der Waals surface area contributed by atoms with Gasteiger partial charge in [0.1, 0.15) is 6.10 Å². The highest BCUT2D eigenvalue weighted by atomic mass is 16.5. The van der Waals surface area contributed by atoms with E-state index in [9.17, 15) is 0 Å². The van der Waals surface area contributed by atoms with Crippen LogP contribution in [-0.4, -0.2) is 27.1 Å². The molecule has 12 heavy (non-hydrogen) atoms. The number of aliphatic hydroxyl groups excluding tert-OH is 1. The third-order valence-corrected chi connectivity index (χ3v) is 1.68. The van der Waals surface area contributed by atoms with Crippen LogP contribution in [0.3, 0.4) is 0 Å². The first-order valence-corrected chi connectivity index (χ1v) is 3.93. The highest BCUT2D eigenvalue weighted by molar-refractivity contribution is 5.11. The van der Waals surface area contributed by atoms with Gasteiger partial charge in [-0.1, -0.05) is 0 Å². The van der Waals surface area contributed by atoms with E-state index in [1.165, 1.54) is 0 Å².